The Kier molecular flexibility index (Phi) is 8.23. The van der Waals surface area contributed by atoms with E-state index in [-0.39, 0.29) is 5.02 Å². The number of para-hydroxylation sites is 1. The lowest BCUT2D eigenvalue weighted by atomic mass is 10.0. The lowest BCUT2D eigenvalue weighted by molar-refractivity contribution is 0.324. The highest BCUT2D eigenvalue weighted by molar-refractivity contribution is 7.98. The molecule has 5 rings (SSSR count). The van der Waals surface area contributed by atoms with Gasteiger partial charge in [0.25, 0.3) is 0 Å². The van der Waals surface area contributed by atoms with E-state index in [1.165, 1.54) is 17.8 Å². The molecule has 0 aliphatic rings. The van der Waals surface area contributed by atoms with Gasteiger partial charge >= 0.3 is 0 Å². The Hall–Kier alpha value is -4.08. The van der Waals surface area contributed by atoms with Crippen LogP contribution < -0.4 is 14.2 Å². The van der Waals surface area contributed by atoms with E-state index < -0.39 is 5.82 Å². The average molecular weight is 577 g/mol. The molecule has 0 fully saturated rings. The first-order valence-corrected chi connectivity index (χ1v) is 13.7. The van der Waals surface area contributed by atoms with Gasteiger partial charge in [0.15, 0.2) is 22.5 Å². The molecule has 0 aliphatic carbocycles. The third-order valence-electron chi connectivity index (χ3n) is 6.33. The van der Waals surface area contributed by atoms with E-state index in [1.807, 2.05) is 47.0 Å². The summed E-state index contributed by atoms with van der Waals surface area (Å²) in [7, 11) is 4.72. The van der Waals surface area contributed by atoms with Crippen LogP contribution in [0.5, 0.6) is 17.2 Å². The van der Waals surface area contributed by atoms with Crippen LogP contribution in [0.1, 0.15) is 5.56 Å². The first kappa shape index (κ1) is 27.5. The summed E-state index contributed by atoms with van der Waals surface area (Å²) in [6.07, 6.45) is 1.78. The SMILES string of the molecule is C=CCn1c(SCc2cccc(Cl)c2F)nnc1-c1cc(-c2cc(OC)c(OC)c(OC)c2)nc2ccccc12. The van der Waals surface area contributed by atoms with Crippen molar-refractivity contribution in [2.75, 3.05) is 21.3 Å². The monoisotopic (exact) mass is 576 g/mol. The zero-order chi connectivity index (χ0) is 28.2. The lowest BCUT2D eigenvalue weighted by Gasteiger charge is -2.15. The second-order valence-electron chi connectivity index (χ2n) is 8.69. The molecule has 10 heteroatoms. The van der Waals surface area contributed by atoms with Crippen LogP contribution in [0, 0.1) is 5.82 Å². The summed E-state index contributed by atoms with van der Waals surface area (Å²) in [6.45, 7) is 4.38. The zero-order valence-electron chi connectivity index (χ0n) is 22.1. The minimum absolute atomic E-state index is 0.0916. The Morgan fingerprint density at radius 1 is 0.975 bits per heavy atom. The van der Waals surface area contributed by atoms with E-state index in [9.17, 15) is 4.39 Å². The van der Waals surface area contributed by atoms with Crippen molar-refractivity contribution in [3.63, 3.8) is 0 Å². The van der Waals surface area contributed by atoms with E-state index in [0.29, 0.717) is 51.8 Å². The van der Waals surface area contributed by atoms with Gasteiger partial charge in [-0.15, -0.1) is 16.8 Å². The number of pyridine rings is 1. The molecule has 0 bridgehead atoms. The molecule has 2 aromatic heterocycles. The van der Waals surface area contributed by atoms with Crippen LogP contribution in [-0.4, -0.2) is 41.1 Å². The predicted octanol–water partition coefficient (Wildman–Crippen LogP) is 7.46. The predicted molar refractivity (Wildman–Crippen MR) is 157 cm³/mol. The number of allylic oxidation sites excluding steroid dienone is 1. The summed E-state index contributed by atoms with van der Waals surface area (Å²) < 4.78 is 33.1. The quantitative estimate of drug-likeness (QED) is 0.126. The maximum Gasteiger partial charge on any atom is 0.203 e. The number of ether oxygens (including phenoxy) is 3. The van der Waals surface area contributed by atoms with Crippen molar-refractivity contribution in [1.82, 2.24) is 19.7 Å². The van der Waals surface area contributed by atoms with Gasteiger partial charge in [0.2, 0.25) is 5.75 Å². The van der Waals surface area contributed by atoms with Gasteiger partial charge in [-0.3, -0.25) is 4.57 Å². The van der Waals surface area contributed by atoms with Crippen LogP contribution >= 0.6 is 23.4 Å². The number of hydrogen-bond acceptors (Lipinski definition) is 7. The first-order valence-electron chi connectivity index (χ1n) is 12.3. The highest BCUT2D eigenvalue weighted by atomic mass is 35.5. The Morgan fingerprint density at radius 3 is 2.42 bits per heavy atom. The van der Waals surface area contributed by atoms with Crippen molar-refractivity contribution in [2.45, 2.75) is 17.5 Å². The summed E-state index contributed by atoms with van der Waals surface area (Å²) >= 11 is 7.36. The average Bonchev–Trinajstić information content (AvgIpc) is 3.38. The van der Waals surface area contributed by atoms with E-state index in [1.54, 1.807) is 39.5 Å². The van der Waals surface area contributed by atoms with E-state index in [0.717, 1.165) is 22.0 Å². The number of nitrogens with zero attached hydrogens (tertiary/aromatic N) is 4. The second-order valence-corrected chi connectivity index (χ2v) is 10.0. The normalized spacial score (nSPS) is 11.0. The summed E-state index contributed by atoms with van der Waals surface area (Å²) in [6, 6.07) is 18.5. The van der Waals surface area contributed by atoms with Crippen LogP contribution in [0.3, 0.4) is 0 Å². The van der Waals surface area contributed by atoms with Gasteiger partial charge in [0, 0.05) is 28.8 Å². The Labute approximate surface area is 240 Å². The van der Waals surface area contributed by atoms with Crippen molar-refractivity contribution in [2.24, 2.45) is 0 Å². The van der Waals surface area contributed by atoms with Crippen molar-refractivity contribution >= 4 is 34.3 Å². The highest BCUT2D eigenvalue weighted by Gasteiger charge is 2.20. The van der Waals surface area contributed by atoms with E-state index in [2.05, 4.69) is 16.8 Å². The third kappa shape index (κ3) is 5.22. The number of fused-ring (bicyclic) bond motifs is 1. The number of rotatable bonds is 10. The third-order valence-corrected chi connectivity index (χ3v) is 7.64. The molecular formula is C30H26ClFN4O3S. The number of methoxy groups -OCH3 is 3. The van der Waals surface area contributed by atoms with E-state index in [4.69, 9.17) is 30.8 Å². The minimum Gasteiger partial charge on any atom is -0.493 e. The number of thioether (sulfide) groups is 1. The minimum atomic E-state index is -0.429. The molecule has 0 saturated heterocycles. The summed E-state index contributed by atoms with van der Waals surface area (Å²) in [5, 5.41) is 10.7. The lowest BCUT2D eigenvalue weighted by Crippen LogP contribution is -2.02. The first-order chi connectivity index (χ1) is 19.5. The molecule has 2 heterocycles. The maximum atomic E-state index is 14.5. The van der Waals surface area contributed by atoms with Gasteiger partial charge in [-0.2, -0.15) is 0 Å². The molecule has 0 N–H and O–H groups in total. The molecule has 5 aromatic rings. The molecule has 0 amide bonds. The fourth-order valence-corrected chi connectivity index (χ4v) is 5.54. The van der Waals surface area contributed by atoms with Gasteiger partial charge in [0.1, 0.15) is 5.82 Å². The molecule has 0 saturated carbocycles. The van der Waals surface area contributed by atoms with Crippen molar-refractivity contribution in [3.8, 4) is 39.9 Å². The van der Waals surface area contributed by atoms with Crippen LogP contribution in [0.2, 0.25) is 5.02 Å². The Morgan fingerprint density at radius 2 is 1.73 bits per heavy atom. The smallest absolute Gasteiger partial charge is 0.203 e. The topological polar surface area (TPSA) is 71.3 Å². The van der Waals surface area contributed by atoms with Crippen molar-refractivity contribution in [3.05, 3.63) is 89.7 Å². The molecule has 7 nitrogen and oxygen atoms in total. The summed E-state index contributed by atoms with van der Waals surface area (Å²) in [4.78, 5) is 4.93. The molecule has 40 heavy (non-hydrogen) atoms. The largest absolute Gasteiger partial charge is 0.493 e. The molecule has 0 spiro atoms. The molecule has 0 unspecified atom stereocenters. The van der Waals surface area contributed by atoms with Gasteiger partial charge in [-0.1, -0.05) is 59.8 Å². The van der Waals surface area contributed by atoms with Gasteiger partial charge in [-0.05, 0) is 35.9 Å². The summed E-state index contributed by atoms with van der Waals surface area (Å²) in [5.41, 5.74) is 3.58. The molecule has 3 aromatic carbocycles. The molecule has 0 aliphatic heterocycles. The number of halogens is 2. The fourth-order valence-electron chi connectivity index (χ4n) is 4.43. The van der Waals surface area contributed by atoms with Crippen LogP contribution in [0.4, 0.5) is 4.39 Å². The standard InChI is InChI=1S/C30H26ClFN4O3S/c1-5-13-36-29(34-35-30(36)40-17-18-9-8-11-22(31)27(18)32)21-16-24(33-23-12-7-6-10-20(21)23)19-14-25(37-2)28(39-4)26(15-19)38-3/h5-12,14-16H,1,13,17H2,2-4H3. The number of benzene rings is 3. The van der Waals surface area contributed by atoms with Crippen LogP contribution in [0.15, 0.2) is 78.5 Å². The number of hydrogen-bond donors (Lipinski definition) is 0. The van der Waals surface area contributed by atoms with Crippen molar-refractivity contribution < 1.29 is 18.6 Å². The molecule has 204 valence electrons. The summed E-state index contributed by atoms with van der Waals surface area (Å²) in [5.74, 6) is 2.10. The van der Waals surface area contributed by atoms with Crippen LogP contribution in [-0.2, 0) is 12.3 Å². The fraction of sp³-hybridized carbons (Fsp3) is 0.167. The molecular weight excluding hydrogens is 551 g/mol. The van der Waals surface area contributed by atoms with E-state index >= 15 is 0 Å². The zero-order valence-corrected chi connectivity index (χ0v) is 23.7. The Bertz CT molecular complexity index is 1680. The van der Waals surface area contributed by atoms with Gasteiger partial charge in [-0.25, -0.2) is 9.37 Å². The molecule has 0 atom stereocenters. The van der Waals surface area contributed by atoms with Gasteiger partial charge < -0.3 is 14.2 Å². The highest BCUT2D eigenvalue weighted by Crippen LogP contribution is 2.42. The van der Waals surface area contributed by atoms with Crippen molar-refractivity contribution in [1.29, 1.82) is 0 Å². The van der Waals surface area contributed by atoms with Gasteiger partial charge in [0.05, 0.1) is 37.6 Å². The maximum absolute atomic E-state index is 14.5. The van der Waals surface area contributed by atoms with Crippen LogP contribution in [0.25, 0.3) is 33.5 Å². The number of aromatic nitrogens is 4. The Balaban J connectivity index is 1.63. The molecule has 0 radical (unpaired) electrons. The second kappa shape index (κ2) is 12.0.